The van der Waals surface area contributed by atoms with Crippen LogP contribution in [0.3, 0.4) is 0 Å². The van der Waals surface area contributed by atoms with Crippen molar-refractivity contribution in [2.24, 2.45) is 0 Å². The van der Waals surface area contributed by atoms with Gasteiger partial charge < -0.3 is 15.2 Å². The van der Waals surface area contributed by atoms with Crippen LogP contribution in [0.2, 0.25) is 0 Å². The van der Waals surface area contributed by atoms with Crippen LogP contribution in [0.1, 0.15) is 6.92 Å². The SMILES string of the molecule is CC(O)=C(C#N)C(=O)Nc1ccc(OC(F)(F)F)cc1. The van der Waals surface area contributed by atoms with Gasteiger partial charge in [0.2, 0.25) is 0 Å². The number of hydrogen-bond acceptors (Lipinski definition) is 4. The van der Waals surface area contributed by atoms with Gasteiger partial charge in [0, 0.05) is 5.69 Å². The first-order chi connectivity index (χ1) is 9.23. The van der Waals surface area contributed by atoms with E-state index in [0.29, 0.717) is 0 Å². The van der Waals surface area contributed by atoms with Gasteiger partial charge in [0.05, 0.1) is 0 Å². The Labute approximate surface area is 111 Å². The first-order valence-electron chi connectivity index (χ1n) is 5.20. The van der Waals surface area contributed by atoms with Crippen LogP contribution in [0.5, 0.6) is 5.75 Å². The number of carbonyl (C=O) groups is 1. The first-order valence-corrected chi connectivity index (χ1v) is 5.20. The molecule has 1 amide bonds. The number of alkyl halides is 3. The molecule has 0 unspecified atom stereocenters. The van der Waals surface area contributed by atoms with Crippen LogP contribution < -0.4 is 10.1 Å². The molecule has 0 aliphatic rings. The predicted octanol–water partition coefficient (Wildman–Crippen LogP) is 2.88. The number of benzene rings is 1. The van der Waals surface area contributed by atoms with Crippen molar-refractivity contribution in [2.45, 2.75) is 13.3 Å². The van der Waals surface area contributed by atoms with E-state index in [1.165, 1.54) is 25.1 Å². The molecule has 0 aliphatic heterocycles. The summed E-state index contributed by atoms with van der Waals surface area (Å²) in [6.45, 7) is 1.17. The average Bonchev–Trinajstić information content (AvgIpc) is 2.30. The van der Waals surface area contributed by atoms with E-state index in [1.54, 1.807) is 0 Å². The highest BCUT2D eigenvalue weighted by molar-refractivity contribution is 6.06. The van der Waals surface area contributed by atoms with Gasteiger partial charge in [0.25, 0.3) is 5.91 Å². The normalized spacial score (nSPS) is 12.2. The molecule has 1 aromatic carbocycles. The molecule has 0 fully saturated rings. The van der Waals surface area contributed by atoms with E-state index in [2.05, 4.69) is 10.1 Å². The zero-order chi connectivity index (χ0) is 15.3. The largest absolute Gasteiger partial charge is 0.573 e. The standard InChI is InChI=1S/C12H9F3N2O3/c1-7(18)10(6-16)11(19)17-8-2-4-9(5-3-8)20-12(13,14)15/h2-5,18H,1H3,(H,17,19). The van der Waals surface area contributed by atoms with E-state index >= 15 is 0 Å². The van der Waals surface area contributed by atoms with E-state index in [1.807, 2.05) is 0 Å². The summed E-state index contributed by atoms with van der Waals surface area (Å²) in [6.07, 6.45) is -4.80. The maximum absolute atomic E-state index is 11.9. The van der Waals surface area contributed by atoms with Gasteiger partial charge in [-0.2, -0.15) is 5.26 Å². The number of aliphatic hydroxyl groups is 1. The number of nitriles is 1. The Bertz CT molecular complexity index is 567. The molecule has 106 valence electrons. The minimum absolute atomic E-state index is 0.151. The van der Waals surface area contributed by atoms with Gasteiger partial charge in [-0.1, -0.05) is 0 Å². The Morgan fingerprint density at radius 3 is 2.30 bits per heavy atom. The molecule has 0 spiro atoms. The zero-order valence-electron chi connectivity index (χ0n) is 10.2. The maximum atomic E-state index is 11.9. The van der Waals surface area contributed by atoms with Gasteiger partial charge in [-0.05, 0) is 31.2 Å². The monoisotopic (exact) mass is 286 g/mol. The van der Waals surface area contributed by atoms with Crippen LogP contribution in [0.15, 0.2) is 35.6 Å². The van der Waals surface area contributed by atoms with Crippen molar-refractivity contribution < 1.29 is 27.8 Å². The molecule has 5 nitrogen and oxygen atoms in total. The van der Waals surface area contributed by atoms with E-state index in [9.17, 15) is 18.0 Å². The summed E-state index contributed by atoms with van der Waals surface area (Å²) >= 11 is 0. The summed E-state index contributed by atoms with van der Waals surface area (Å²) in [7, 11) is 0. The summed E-state index contributed by atoms with van der Waals surface area (Å²) in [5.74, 6) is -1.76. The second kappa shape index (κ2) is 5.97. The van der Waals surface area contributed by atoms with E-state index in [0.717, 1.165) is 12.1 Å². The number of nitrogens with zero attached hydrogens (tertiary/aromatic N) is 1. The lowest BCUT2D eigenvalue weighted by Gasteiger charge is -2.09. The minimum atomic E-state index is -4.80. The van der Waals surface area contributed by atoms with Gasteiger partial charge in [-0.25, -0.2) is 0 Å². The summed E-state index contributed by atoms with van der Waals surface area (Å²) in [4.78, 5) is 11.5. The first kappa shape index (κ1) is 15.4. The maximum Gasteiger partial charge on any atom is 0.573 e. The van der Waals surface area contributed by atoms with Crippen molar-refractivity contribution in [3.63, 3.8) is 0 Å². The van der Waals surface area contributed by atoms with Crippen molar-refractivity contribution in [3.8, 4) is 11.8 Å². The van der Waals surface area contributed by atoms with Crippen LogP contribution in [-0.2, 0) is 4.79 Å². The van der Waals surface area contributed by atoms with Gasteiger partial charge in [0.1, 0.15) is 17.6 Å². The van der Waals surface area contributed by atoms with E-state index < -0.39 is 29.4 Å². The Balaban J connectivity index is 2.79. The van der Waals surface area contributed by atoms with Crippen LogP contribution >= 0.6 is 0 Å². The number of halogens is 3. The van der Waals surface area contributed by atoms with Crippen molar-refractivity contribution in [1.29, 1.82) is 5.26 Å². The molecule has 2 N–H and O–H groups in total. The average molecular weight is 286 g/mol. The Kier molecular flexibility index (Phi) is 4.59. The topological polar surface area (TPSA) is 82.3 Å². The van der Waals surface area contributed by atoms with Gasteiger partial charge in [0.15, 0.2) is 5.57 Å². The lowest BCUT2D eigenvalue weighted by molar-refractivity contribution is -0.274. The smallest absolute Gasteiger partial charge is 0.511 e. The highest BCUT2D eigenvalue weighted by atomic mass is 19.4. The van der Waals surface area contributed by atoms with Crippen LogP contribution in [-0.4, -0.2) is 17.4 Å². The third-order valence-electron chi connectivity index (χ3n) is 2.05. The van der Waals surface area contributed by atoms with Crippen LogP contribution in [0.4, 0.5) is 18.9 Å². The number of carbonyl (C=O) groups excluding carboxylic acids is 1. The second-order valence-electron chi connectivity index (χ2n) is 3.60. The second-order valence-corrected chi connectivity index (χ2v) is 3.60. The quantitative estimate of drug-likeness (QED) is 0.508. The molecule has 1 rings (SSSR count). The molecule has 8 heteroatoms. The van der Waals surface area contributed by atoms with Crippen molar-refractivity contribution in [3.05, 3.63) is 35.6 Å². The highest BCUT2D eigenvalue weighted by Gasteiger charge is 2.30. The molecular weight excluding hydrogens is 277 g/mol. The summed E-state index contributed by atoms with van der Waals surface area (Å²) in [5.41, 5.74) is -0.334. The third kappa shape index (κ3) is 4.53. The molecule has 0 saturated heterocycles. The molecule has 0 heterocycles. The molecule has 20 heavy (non-hydrogen) atoms. The molecule has 0 aromatic heterocycles. The van der Waals surface area contributed by atoms with Gasteiger partial charge >= 0.3 is 6.36 Å². The Hall–Kier alpha value is -2.69. The third-order valence-corrected chi connectivity index (χ3v) is 2.05. The summed E-state index contributed by atoms with van der Waals surface area (Å²) in [5, 5.41) is 20.0. The lowest BCUT2D eigenvalue weighted by atomic mass is 10.2. The number of rotatable bonds is 3. The number of amides is 1. The number of hydrogen-bond donors (Lipinski definition) is 2. The summed E-state index contributed by atoms with van der Waals surface area (Å²) in [6, 6.07) is 5.85. The molecule has 1 aromatic rings. The molecular formula is C12H9F3N2O3. The molecule has 0 saturated carbocycles. The number of nitrogens with one attached hydrogen (secondary N) is 1. The summed E-state index contributed by atoms with van der Waals surface area (Å²) < 4.78 is 39.4. The fraction of sp³-hybridized carbons (Fsp3) is 0.167. The van der Waals surface area contributed by atoms with Crippen molar-refractivity contribution in [2.75, 3.05) is 5.32 Å². The van der Waals surface area contributed by atoms with Crippen LogP contribution in [0.25, 0.3) is 0 Å². The van der Waals surface area contributed by atoms with Gasteiger partial charge in [-0.3, -0.25) is 4.79 Å². The predicted molar refractivity (Wildman–Crippen MR) is 62.7 cm³/mol. The Morgan fingerprint density at radius 1 is 1.35 bits per heavy atom. The lowest BCUT2D eigenvalue weighted by Crippen LogP contribution is -2.17. The fourth-order valence-electron chi connectivity index (χ4n) is 1.23. The molecule has 0 aliphatic carbocycles. The molecule has 0 atom stereocenters. The minimum Gasteiger partial charge on any atom is -0.511 e. The van der Waals surface area contributed by atoms with E-state index in [4.69, 9.17) is 10.4 Å². The van der Waals surface area contributed by atoms with Gasteiger partial charge in [-0.15, -0.1) is 13.2 Å². The Morgan fingerprint density at radius 2 is 1.90 bits per heavy atom. The highest BCUT2D eigenvalue weighted by Crippen LogP contribution is 2.24. The van der Waals surface area contributed by atoms with Crippen LogP contribution in [0, 0.1) is 11.3 Å². The zero-order valence-corrected chi connectivity index (χ0v) is 10.2. The van der Waals surface area contributed by atoms with Crippen molar-refractivity contribution >= 4 is 11.6 Å². The number of aliphatic hydroxyl groups excluding tert-OH is 1. The fourth-order valence-corrected chi connectivity index (χ4v) is 1.23. The van der Waals surface area contributed by atoms with E-state index in [-0.39, 0.29) is 5.69 Å². The number of ether oxygens (including phenoxy) is 1. The number of anilines is 1. The molecule has 0 radical (unpaired) electrons. The van der Waals surface area contributed by atoms with Crippen molar-refractivity contribution in [1.82, 2.24) is 0 Å². The molecule has 0 bridgehead atoms. The number of allylic oxidation sites excluding steroid dienone is 1.